The van der Waals surface area contributed by atoms with Crippen molar-refractivity contribution in [2.24, 2.45) is 5.92 Å². The summed E-state index contributed by atoms with van der Waals surface area (Å²) in [6.07, 6.45) is 9.23. The van der Waals surface area contributed by atoms with E-state index < -0.39 is 7.14 Å². The quantitative estimate of drug-likeness (QED) is 0.508. The Balaban J connectivity index is 1.58. The number of hydrogen-bond donors (Lipinski definition) is 0. The zero-order valence-corrected chi connectivity index (χ0v) is 17.0. The van der Waals surface area contributed by atoms with E-state index >= 15 is 0 Å². The molecular formula is C24H26NO2P. The van der Waals surface area contributed by atoms with Crippen LogP contribution in [0.4, 0.5) is 0 Å². The molecule has 3 atom stereocenters. The molecule has 0 saturated carbocycles. The Bertz CT molecular complexity index is 880. The summed E-state index contributed by atoms with van der Waals surface area (Å²) in [4.78, 5) is 15.0. The molecule has 4 heteroatoms. The molecule has 1 fully saturated rings. The fraction of sp³-hybridized carbons (Fsp3) is 0.292. The zero-order chi connectivity index (χ0) is 19.6. The number of allylic oxidation sites excluding steroid dienone is 4. The van der Waals surface area contributed by atoms with E-state index in [4.69, 9.17) is 0 Å². The molecule has 1 aliphatic carbocycles. The Morgan fingerprint density at radius 1 is 1.00 bits per heavy atom. The number of ketones is 1. The van der Waals surface area contributed by atoms with Crippen molar-refractivity contribution in [1.82, 2.24) is 4.90 Å². The van der Waals surface area contributed by atoms with E-state index in [1.54, 1.807) is 0 Å². The largest absolute Gasteiger partial charge is 0.314 e. The van der Waals surface area contributed by atoms with Crippen molar-refractivity contribution in [3.05, 3.63) is 85.0 Å². The van der Waals surface area contributed by atoms with Gasteiger partial charge in [0.15, 0.2) is 5.78 Å². The van der Waals surface area contributed by atoms with Crippen LogP contribution in [0, 0.1) is 5.92 Å². The van der Waals surface area contributed by atoms with Gasteiger partial charge in [0.2, 0.25) is 0 Å². The molecule has 28 heavy (non-hydrogen) atoms. The summed E-state index contributed by atoms with van der Waals surface area (Å²) in [5.41, 5.74) is 0. The Morgan fingerprint density at radius 3 is 2.04 bits per heavy atom. The third-order valence-corrected chi connectivity index (χ3v) is 9.01. The third kappa shape index (κ3) is 3.70. The molecule has 0 amide bonds. The summed E-state index contributed by atoms with van der Waals surface area (Å²) in [6.45, 7) is 2.90. The first-order valence-electron chi connectivity index (χ1n) is 9.98. The zero-order valence-electron chi connectivity index (χ0n) is 16.1. The normalized spacial score (nSPS) is 22.3. The van der Waals surface area contributed by atoms with Gasteiger partial charge < -0.3 is 4.57 Å². The van der Waals surface area contributed by atoms with Crippen LogP contribution in [0.2, 0.25) is 0 Å². The minimum atomic E-state index is -2.77. The summed E-state index contributed by atoms with van der Waals surface area (Å²) in [5.74, 6) is 0.167. The van der Waals surface area contributed by atoms with Gasteiger partial charge in [0.25, 0.3) is 0 Å². The summed E-state index contributed by atoms with van der Waals surface area (Å²) < 4.78 is 14.3. The van der Waals surface area contributed by atoms with Crippen molar-refractivity contribution in [2.45, 2.75) is 25.4 Å². The first kappa shape index (κ1) is 19.1. The highest BCUT2D eigenvalue weighted by molar-refractivity contribution is 7.78. The van der Waals surface area contributed by atoms with Crippen LogP contribution in [0.25, 0.3) is 0 Å². The highest BCUT2D eigenvalue weighted by atomic mass is 31.2. The van der Waals surface area contributed by atoms with E-state index in [0.29, 0.717) is 6.16 Å². The smallest absolute Gasteiger partial charge is 0.161 e. The summed E-state index contributed by atoms with van der Waals surface area (Å²) in [5, 5.41) is 1.79. The number of Topliss-reactive ketones (excluding diaryl/α,β-unsaturated/α-hetero) is 1. The van der Waals surface area contributed by atoms with Crippen LogP contribution in [-0.4, -0.2) is 35.5 Å². The molecule has 0 N–H and O–H groups in total. The first-order chi connectivity index (χ1) is 13.6. The lowest BCUT2D eigenvalue weighted by Crippen LogP contribution is -2.32. The van der Waals surface area contributed by atoms with Crippen LogP contribution in [0.5, 0.6) is 0 Å². The highest BCUT2D eigenvalue weighted by Gasteiger charge is 2.47. The SMILES string of the molecule is CC[C@H](CP(=O)(c1ccccc1)c1ccccc1)N1C[C@H]1C(=O)C1C=CC=C1. The lowest BCUT2D eigenvalue weighted by atomic mass is 10.0. The number of hydrogen-bond acceptors (Lipinski definition) is 3. The predicted molar refractivity (Wildman–Crippen MR) is 116 cm³/mol. The first-order valence-corrected chi connectivity index (χ1v) is 11.9. The molecule has 4 rings (SSSR count). The predicted octanol–water partition coefficient (Wildman–Crippen LogP) is 3.77. The van der Waals surface area contributed by atoms with Gasteiger partial charge in [-0.2, -0.15) is 0 Å². The van der Waals surface area contributed by atoms with Crippen LogP contribution < -0.4 is 10.6 Å². The van der Waals surface area contributed by atoms with Crippen LogP contribution in [-0.2, 0) is 9.36 Å². The number of benzene rings is 2. The maximum Gasteiger partial charge on any atom is 0.161 e. The van der Waals surface area contributed by atoms with Crippen molar-refractivity contribution in [2.75, 3.05) is 12.7 Å². The Morgan fingerprint density at radius 2 is 1.54 bits per heavy atom. The second-order valence-electron chi connectivity index (χ2n) is 7.57. The van der Waals surface area contributed by atoms with Crippen LogP contribution in [0.15, 0.2) is 85.0 Å². The lowest BCUT2D eigenvalue weighted by Gasteiger charge is -2.26. The maximum absolute atomic E-state index is 14.3. The maximum atomic E-state index is 14.3. The fourth-order valence-electron chi connectivity index (χ4n) is 4.12. The molecule has 1 saturated heterocycles. The molecular weight excluding hydrogens is 365 g/mol. The second-order valence-corrected chi connectivity index (χ2v) is 10.4. The molecule has 0 aromatic heterocycles. The molecule has 2 aromatic rings. The highest BCUT2D eigenvalue weighted by Crippen LogP contribution is 2.46. The molecule has 2 aliphatic rings. The van der Waals surface area contributed by atoms with E-state index in [9.17, 15) is 9.36 Å². The summed E-state index contributed by atoms with van der Waals surface area (Å²) >= 11 is 0. The van der Waals surface area contributed by atoms with E-state index in [0.717, 1.165) is 23.6 Å². The van der Waals surface area contributed by atoms with E-state index in [1.165, 1.54) is 0 Å². The molecule has 0 spiro atoms. The standard InChI is InChI=1S/C24H26NO2P/c1-2-20(25-17-23(25)24(26)19-11-9-10-12-19)18-28(27,21-13-5-3-6-14-21)22-15-7-4-8-16-22/h3-16,19-20,23H,2,17-18H2,1H3/t20-,23+,25?/m1/s1. The Labute approximate surface area is 167 Å². The van der Waals surface area contributed by atoms with Crippen molar-refractivity contribution in [3.8, 4) is 0 Å². The van der Waals surface area contributed by atoms with Gasteiger partial charge in [0.1, 0.15) is 7.14 Å². The number of nitrogens with zero attached hydrogens (tertiary/aromatic N) is 1. The molecule has 1 heterocycles. The van der Waals surface area contributed by atoms with Gasteiger partial charge in [-0.15, -0.1) is 0 Å². The van der Waals surface area contributed by atoms with Crippen LogP contribution in [0.1, 0.15) is 13.3 Å². The van der Waals surface area contributed by atoms with E-state index in [1.807, 2.05) is 85.0 Å². The topological polar surface area (TPSA) is 37.1 Å². The fourth-order valence-corrected chi connectivity index (χ4v) is 7.20. The summed E-state index contributed by atoms with van der Waals surface area (Å²) in [7, 11) is -2.77. The molecule has 0 bridgehead atoms. The van der Waals surface area contributed by atoms with Gasteiger partial charge in [-0.1, -0.05) is 91.9 Å². The average Bonchev–Trinajstić information content (AvgIpc) is 3.35. The minimum Gasteiger partial charge on any atom is -0.314 e. The molecule has 1 aliphatic heterocycles. The second kappa shape index (κ2) is 8.03. The average molecular weight is 391 g/mol. The molecule has 3 nitrogen and oxygen atoms in total. The molecule has 0 radical (unpaired) electrons. The van der Waals surface area contributed by atoms with E-state index in [-0.39, 0.29) is 23.8 Å². The summed E-state index contributed by atoms with van der Waals surface area (Å²) in [6, 6.07) is 19.7. The number of carbonyl (C=O) groups excluding carboxylic acids is 1. The van der Waals surface area contributed by atoms with Gasteiger partial charge in [0.05, 0.1) is 12.0 Å². The number of rotatable bonds is 8. The molecule has 2 aromatic carbocycles. The Kier molecular flexibility index (Phi) is 5.48. The third-order valence-electron chi connectivity index (χ3n) is 5.81. The van der Waals surface area contributed by atoms with Gasteiger partial charge in [0, 0.05) is 29.4 Å². The lowest BCUT2D eigenvalue weighted by molar-refractivity contribution is -0.120. The van der Waals surface area contributed by atoms with Gasteiger partial charge in [-0.3, -0.25) is 9.69 Å². The van der Waals surface area contributed by atoms with Crippen molar-refractivity contribution >= 4 is 23.5 Å². The monoisotopic (exact) mass is 391 g/mol. The molecule has 144 valence electrons. The van der Waals surface area contributed by atoms with E-state index in [2.05, 4.69) is 11.8 Å². The Hall–Kier alpha value is -2.22. The van der Waals surface area contributed by atoms with Crippen molar-refractivity contribution < 1.29 is 9.36 Å². The van der Waals surface area contributed by atoms with Gasteiger partial charge in [-0.25, -0.2) is 0 Å². The van der Waals surface area contributed by atoms with Gasteiger partial charge in [-0.05, 0) is 6.42 Å². The number of carbonyl (C=O) groups is 1. The van der Waals surface area contributed by atoms with Gasteiger partial charge >= 0.3 is 0 Å². The van der Waals surface area contributed by atoms with Crippen LogP contribution >= 0.6 is 7.14 Å². The van der Waals surface area contributed by atoms with Crippen molar-refractivity contribution in [1.29, 1.82) is 0 Å². The molecule has 1 unspecified atom stereocenters. The van der Waals surface area contributed by atoms with Crippen molar-refractivity contribution in [3.63, 3.8) is 0 Å². The minimum absolute atomic E-state index is 0.0395. The van der Waals surface area contributed by atoms with Crippen LogP contribution in [0.3, 0.4) is 0 Å².